The molecule has 1 aromatic carbocycles. The first-order chi connectivity index (χ1) is 12.4. The van der Waals surface area contributed by atoms with Gasteiger partial charge in [-0.05, 0) is 29.8 Å². The molecule has 0 saturated carbocycles. The maximum absolute atomic E-state index is 13.3. The summed E-state index contributed by atoms with van der Waals surface area (Å²) < 4.78 is 26.3. The van der Waals surface area contributed by atoms with Gasteiger partial charge in [0.1, 0.15) is 0 Å². The lowest BCUT2D eigenvalue weighted by Gasteiger charge is -2.21. The summed E-state index contributed by atoms with van der Waals surface area (Å²) in [5.41, 5.74) is 1.26. The highest BCUT2D eigenvalue weighted by Crippen LogP contribution is 2.22. The van der Waals surface area contributed by atoms with Gasteiger partial charge in [-0.25, -0.2) is 8.78 Å². The van der Waals surface area contributed by atoms with E-state index in [0.29, 0.717) is 18.7 Å². The fraction of sp³-hybridized carbons (Fsp3) is 0.316. The van der Waals surface area contributed by atoms with Gasteiger partial charge in [-0.3, -0.25) is 14.6 Å². The van der Waals surface area contributed by atoms with Crippen molar-refractivity contribution in [3.63, 3.8) is 0 Å². The van der Waals surface area contributed by atoms with Crippen molar-refractivity contribution in [2.45, 2.75) is 19.5 Å². The molecule has 0 aliphatic carbocycles. The van der Waals surface area contributed by atoms with Crippen LogP contribution in [0.5, 0.6) is 0 Å². The number of halogens is 2. The van der Waals surface area contributed by atoms with Crippen molar-refractivity contribution in [1.29, 1.82) is 0 Å². The Bertz CT molecular complexity index is 814. The predicted octanol–water partition coefficient (Wildman–Crippen LogP) is 2.37. The van der Waals surface area contributed by atoms with Gasteiger partial charge in [0.25, 0.3) is 0 Å². The smallest absolute Gasteiger partial charge is 0.228 e. The SMILES string of the molecule is CN(Cc1ccc(F)c(F)c1)C(=O)[C@H]1CC(=O)N(Cc2ccccn2)C1. The lowest BCUT2D eigenvalue weighted by molar-refractivity contribution is -0.135. The monoisotopic (exact) mass is 359 g/mol. The second kappa shape index (κ2) is 7.59. The third-order valence-electron chi connectivity index (χ3n) is 4.42. The number of amides is 2. The number of aromatic nitrogens is 1. The van der Waals surface area contributed by atoms with E-state index in [0.717, 1.165) is 17.8 Å². The second-order valence-electron chi connectivity index (χ2n) is 6.44. The number of rotatable bonds is 5. The third kappa shape index (κ3) is 4.04. The molecule has 3 rings (SSSR count). The Morgan fingerprint density at radius 1 is 1.27 bits per heavy atom. The zero-order valence-corrected chi connectivity index (χ0v) is 14.4. The average molecular weight is 359 g/mol. The van der Waals surface area contributed by atoms with Gasteiger partial charge < -0.3 is 9.80 Å². The molecule has 0 spiro atoms. The van der Waals surface area contributed by atoms with Crippen LogP contribution in [0, 0.1) is 17.6 Å². The molecule has 1 atom stereocenters. The maximum Gasteiger partial charge on any atom is 0.228 e. The van der Waals surface area contributed by atoms with Crippen molar-refractivity contribution in [1.82, 2.24) is 14.8 Å². The summed E-state index contributed by atoms with van der Waals surface area (Å²) in [6.45, 7) is 0.855. The van der Waals surface area contributed by atoms with Crippen LogP contribution in [0.15, 0.2) is 42.6 Å². The van der Waals surface area contributed by atoms with Crippen molar-refractivity contribution in [3.05, 3.63) is 65.5 Å². The summed E-state index contributed by atoms with van der Waals surface area (Å²) in [6, 6.07) is 9.03. The molecule has 1 fully saturated rings. The minimum Gasteiger partial charge on any atom is -0.341 e. The van der Waals surface area contributed by atoms with E-state index in [9.17, 15) is 18.4 Å². The van der Waals surface area contributed by atoms with Gasteiger partial charge >= 0.3 is 0 Å². The Balaban J connectivity index is 1.60. The molecule has 5 nitrogen and oxygen atoms in total. The van der Waals surface area contributed by atoms with Gasteiger partial charge in [-0.2, -0.15) is 0 Å². The van der Waals surface area contributed by atoms with Crippen LogP contribution in [-0.4, -0.2) is 40.2 Å². The van der Waals surface area contributed by atoms with Crippen LogP contribution in [-0.2, 0) is 22.7 Å². The molecule has 2 aromatic rings. The number of benzene rings is 1. The Kier molecular flexibility index (Phi) is 5.25. The summed E-state index contributed by atoms with van der Waals surface area (Å²) >= 11 is 0. The molecule has 0 unspecified atom stereocenters. The fourth-order valence-corrected chi connectivity index (χ4v) is 3.08. The summed E-state index contributed by atoms with van der Waals surface area (Å²) in [4.78, 5) is 32.1. The first-order valence-corrected chi connectivity index (χ1v) is 8.30. The van der Waals surface area contributed by atoms with Gasteiger partial charge in [-0.15, -0.1) is 0 Å². The lowest BCUT2D eigenvalue weighted by Crippen LogP contribution is -2.34. The minimum absolute atomic E-state index is 0.0878. The highest BCUT2D eigenvalue weighted by Gasteiger charge is 2.35. The molecule has 1 aliphatic rings. The number of hydrogen-bond acceptors (Lipinski definition) is 3. The molecule has 1 saturated heterocycles. The van der Waals surface area contributed by atoms with Crippen molar-refractivity contribution >= 4 is 11.8 Å². The van der Waals surface area contributed by atoms with E-state index in [1.165, 1.54) is 11.0 Å². The molecule has 0 radical (unpaired) electrons. The molecular weight excluding hydrogens is 340 g/mol. The number of hydrogen-bond donors (Lipinski definition) is 0. The summed E-state index contributed by atoms with van der Waals surface area (Å²) in [6.07, 6.45) is 1.81. The van der Waals surface area contributed by atoms with E-state index in [2.05, 4.69) is 4.98 Å². The zero-order valence-electron chi connectivity index (χ0n) is 14.4. The number of nitrogens with zero attached hydrogens (tertiary/aromatic N) is 3. The van der Waals surface area contributed by atoms with Crippen LogP contribution in [0.25, 0.3) is 0 Å². The Hall–Kier alpha value is -2.83. The van der Waals surface area contributed by atoms with Gasteiger partial charge in [0.05, 0.1) is 18.2 Å². The van der Waals surface area contributed by atoms with Crippen molar-refractivity contribution < 1.29 is 18.4 Å². The maximum atomic E-state index is 13.3. The predicted molar refractivity (Wildman–Crippen MR) is 90.6 cm³/mol. The molecule has 1 aliphatic heterocycles. The van der Waals surface area contributed by atoms with Crippen molar-refractivity contribution in [3.8, 4) is 0 Å². The van der Waals surface area contributed by atoms with E-state index >= 15 is 0 Å². The van der Waals surface area contributed by atoms with Crippen LogP contribution >= 0.6 is 0 Å². The molecule has 2 heterocycles. The molecular formula is C19H19F2N3O2. The van der Waals surface area contributed by atoms with Crippen molar-refractivity contribution in [2.24, 2.45) is 5.92 Å². The molecule has 136 valence electrons. The molecule has 26 heavy (non-hydrogen) atoms. The Morgan fingerprint density at radius 2 is 2.08 bits per heavy atom. The number of pyridine rings is 1. The Labute approximate surface area is 150 Å². The molecule has 2 amide bonds. The second-order valence-corrected chi connectivity index (χ2v) is 6.44. The first-order valence-electron chi connectivity index (χ1n) is 8.30. The van der Waals surface area contributed by atoms with E-state index in [4.69, 9.17) is 0 Å². The third-order valence-corrected chi connectivity index (χ3v) is 4.42. The van der Waals surface area contributed by atoms with Crippen LogP contribution < -0.4 is 0 Å². The van der Waals surface area contributed by atoms with Gasteiger partial charge in [0.2, 0.25) is 11.8 Å². The van der Waals surface area contributed by atoms with Gasteiger partial charge in [0.15, 0.2) is 11.6 Å². The topological polar surface area (TPSA) is 53.5 Å². The first kappa shape index (κ1) is 18.0. The van der Waals surface area contributed by atoms with E-state index < -0.39 is 17.6 Å². The van der Waals surface area contributed by atoms with Gasteiger partial charge in [0, 0.05) is 32.8 Å². The number of likely N-dealkylation sites (tertiary alicyclic amines) is 1. The molecule has 1 aromatic heterocycles. The largest absolute Gasteiger partial charge is 0.341 e. The highest BCUT2D eigenvalue weighted by atomic mass is 19.2. The van der Waals surface area contributed by atoms with Crippen LogP contribution in [0.3, 0.4) is 0 Å². The highest BCUT2D eigenvalue weighted by molar-refractivity contribution is 5.89. The van der Waals surface area contributed by atoms with Crippen LogP contribution in [0.2, 0.25) is 0 Å². The number of carbonyl (C=O) groups excluding carboxylic acids is 2. The number of carbonyl (C=O) groups is 2. The average Bonchev–Trinajstić information content (AvgIpc) is 2.99. The summed E-state index contributed by atoms with van der Waals surface area (Å²) in [5, 5.41) is 0. The van der Waals surface area contributed by atoms with Crippen molar-refractivity contribution in [2.75, 3.05) is 13.6 Å². The molecule has 0 bridgehead atoms. The summed E-state index contributed by atoms with van der Waals surface area (Å²) in [5.74, 6) is -2.58. The lowest BCUT2D eigenvalue weighted by atomic mass is 10.1. The van der Waals surface area contributed by atoms with E-state index in [1.807, 2.05) is 12.1 Å². The quantitative estimate of drug-likeness (QED) is 0.824. The summed E-state index contributed by atoms with van der Waals surface area (Å²) in [7, 11) is 1.59. The Morgan fingerprint density at radius 3 is 2.77 bits per heavy atom. The minimum atomic E-state index is -0.944. The standard InChI is InChI=1S/C19H19F2N3O2/c1-23(10-13-5-6-16(20)17(21)8-13)19(26)14-9-18(25)24(11-14)12-15-4-2-3-7-22-15/h2-8,14H,9-12H2,1H3/t14-/m0/s1. The van der Waals surface area contributed by atoms with Gasteiger partial charge in [-0.1, -0.05) is 12.1 Å². The van der Waals surface area contributed by atoms with E-state index in [1.54, 1.807) is 24.2 Å². The zero-order chi connectivity index (χ0) is 18.7. The molecule has 7 heteroatoms. The normalized spacial score (nSPS) is 16.8. The van der Waals surface area contributed by atoms with Crippen LogP contribution in [0.1, 0.15) is 17.7 Å². The van der Waals surface area contributed by atoms with E-state index in [-0.39, 0.29) is 24.8 Å². The molecule has 0 N–H and O–H groups in total. The van der Waals surface area contributed by atoms with Crippen LogP contribution in [0.4, 0.5) is 8.78 Å². The fourth-order valence-electron chi connectivity index (χ4n) is 3.08.